The van der Waals surface area contributed by atoms with Gasteiger partial charge in [0.1, 0.15) is 18.0 Å². The number of ether oxygens (including phenoxy) is 1. The van der Waals surface area contributed by atoms with E-state index in [1.165, 1.54) is 5.57 Å². The van der Waals surface area contributed by atoms with Crippen molar-refractivity contribution in [3.05, 3.63) is 47.5 Å². The Bertz CT molecular complexity index is 851. The van der Waals surface area contributed by atoms with Gasteiger partial charge in [0, 0.05) is 17.4 Å². The van der Waals surface area contributed by atoms with E-state index in [1.807, 2.05) is 12.2 Å². The predicted molar refractivity (Wildman–Crippen MR) is 98.3 cm³/mol. The fraction of sp³-hybridized carbons (Fsp3) is 0.556. The first kappa shape index (κ1) is 20.1. The highest BCUT2D eigenvalue weighted by molar-refractivity contribution is 7.79. The van der Waals surface area contributed by atoms with Crippen molar-refractivity contribution in [2.45, 2.75) is 32.1 Å². The van der Waals surface area contributed by atoms with E-state index in [1.54, 1.807) is 6.08 Å². The van der Waals surface area contributed by atoms with Crippen molar-refractivity contribution in [1.29, 1.82) is 0 Å². The zero-order valence-electron chi connectivity index (χ0n) is 14.1. The summed E-state index contributed by atoms with van der Waals surface area (Å²) < 4.78 is 37.7. The number of likely N-dealkylation sites (tertiary alicyclic amines) is 1. The molecule has 8 nitrogen and oxygen atoms in total. The van der Waals surface area contributed by atoms with Crippen LogP contribution in [0.2, 0.25) is 0 Å². The van der Waals surface area contributed by atoms with E-state index >= 15 is 0 Å². The van der Waals surface area contributed by atoms with Crippen molar-refractivity contribution < 1.29 is 32.5 Å². The van der Waals surface area contributed by atoms with E-state index in [0.717, 1.165) is 13.0 Å². The van der Waals surface area contributed by atoms with E-state index in [9.17, 15) is 10.2 Å². The fourth-order valence-corrected chi connectivity index (χ4v) is 5.29. The molecule has 2 fully saturated rings. The molecule has 1 spiro atoms. The van der Waals surface area contributed by atoms with Gasteiger partial charge in [-0.15, -0.1) is 0 Å². The maximum atomic E-state index is 10.4. The summed E-state index contributed by atoms with van der Waals surface area (Å²) in [6, 6.07) is 0.351. The lowest BCUT2D eigenvalue weighted by molar-refractivity contribution is -0.0899. The van der Waals surface area contributed by atoms with Crippen molar-refractivity contribution >= 4 is 10.4 Å². The average molecular weight is 399 g/mol. The van der Waals surface area contributed by atoms with Crippen molar-refractivity contribution in [3.63, 3.8) is 0 Å². The monoisotopic (exact) mass is 399 g/mol. The molecule has 3 aliphatic carbocycles. The zero-order valence-corrected chi connectivity index (χ0v) is 14.9. The van der Waals surface area contributed by atoms with Crippen molar-refractivity contribution in [2.75, 3.05) is 13.6 Å². The number of allylic oxidation sites excluding steroid dienone is 3. The van der Waals surface area contributed by atoms with Crippen LogP contribution >= 0.6 is 0 Å². The Labute approximate surface area is 158 Å². The number of aliphatic hydroxyl groups excluding tert-OH is 2. The zero-order chi connectivity index (χ0) is 18.9. The van der Waals surface area contributed by atoms with Gasteiger partial charge in [0.05, 0.1) is 5.92 Å². The SMILES string of the molecule is C.CN1CC[C@@]23C4C5=C[C@@H]1[C@@H]2C=C[C@H](O)[C@@H]3OC4=C(O)C=C5.O=S(=O)(O)O. The summed E-state index contributed by atoms with van der Waals surface area (Å²) in [6.45, 7) is 1.000. The Morgan fingerprint density at radius 1 is 1.26 bits per heavy atom. The third-order valence-corrected chi connectivity index (χ3v) is 6.19. The van der Waals surface area contributed by atoms with Crippen LogP contribution < -0.4 is 0 Å². The largest absolute Gasteiger partial charge is 0.504 e. The lowest BCUT2D eigenvalue weighted by Gasteiger charge is -2.57. The number of nitrogens with zero attached hydrogens (tertiary/aromatic N) is 1. The molecular formula is C18H25NO7S. The first-order valence-corrected chi connectivity index (χ1v) is 9.79. The second-order valence-electron chi connectivity index (χ2n) is 7.40. The third kappa shape index (κ3) is 2.94. The quantitative estimate of drug-likeness (QED) is 0.356. The lowest BCUT2D eigenvalue weighted by Crippen LogP contribution is -2.62. The van der Waals surface area contributed by atoms with E-state index in [0.29, 0.717) is 17.7 Å². The minimum absolute atomic E-state index is 0. The molecule has 9 heteroatoms. The summed E-state index contributed by atoms with van der Waals surface area (Å²) in [6.07, 6.45) is 10.3. The van der Waals surface area contributed by atoms with E-state index in [4.69, 9.17) is 22.3 Å². The van der Waals surface area contributed by atoms with Gasteiger partial charge in [0.15, 0.2) is 5.76 Å². The molecule has 150 valence electrons. The fourth-order valence-electron chi connectivity index (χ4n) is 5.29. The smallest absolute Gasteiger partial charge is 0.394 e. The molecule has 5 aliphatic rings. The Kier molecular flexibility index (Phi) is 4.80. The maximum absolute atomic E-state index is 10.4. The molecule has 27 heavy (non-hydrogen) atoms. The molecule has 5 rings (SSSR count). The molecule has 2 bridgehead atoms. The number of piperidine rings is 1. The standard InChI is InChI=1S/C17H19NO3.CH4.H2O4S/c1-18-7-6-17-10-3-5-13(20)16(17)21-15-12(19)4-2-9(14(15)17)8-11(10)18;;1-5(2,3)4/h2-5,8,10-11,13-14,16,19-20H,6-7H2,1H3;1H4;(H2,1,2,3,4)/t10-,11+,13-,14?,16-,17-;;/m0../s1. The molecule has 4 N–H and O–H groups in total. The van der Waals surface area contributed by atoms with Crippen molar-refractivity contribution in [1.82, 2.24) is 4.90 Å². The molecular weight excluding hydrogens is 374 g/mol. The molecule has 0 aromatic heterocycles. The van der Waals surface area contributed by atoms with Gasteiger partial charge in [0.2, 0.25) is 0 Å². The van der Waals surface area contributed by atoms with Gasteiger partial charge in [-0.05, 0) is 31.7 Å². The summed E-state index contributed by atoms with van der Waals surface area (Å²) in [4.78, 5) is 2.39. The minimum atomic E-state index is -4.67. The molecule has 0 aromatic carbocycles. The van der Waals surface area contributed by atoms with Crippen LogP contribution in [0.25, 0.3) is 0 Å². The van der Waals surface area contributed by atoms with Crippen LogP contribution in [0.3, 0.4) is 0 Å². The van der Waals surface area contributed by atoms with Crippen LogP contribution in [0.1, 0.15) is 13.8 Å². The van der Waals surface area contributed by atoms with E-state index in [2.05, 4.69) is 24.1 Å². The first-order valence-electron chi connectivity index (χ1n) is 8.39. The molecule has 0 amide bonds. The van der Waals surface area contributed by atoms with Gasteiger partial charge in [-0.2, -0.15) is 8.42 Å². The highest BCUT2D eigenvalue weighted by atomic mass is 32.3. The summed E-state index contributed by atoms with van der Waals surface area (Å²) in [5, 5.41) is 20.7. The van der Waals surface area contributed by atoms with Gasteiger partial charge in [-0.3, -0.25) is 14.0 Å². The summed E-state index contributed by atoms with van der Waals surface area (Å²) in [5.74, 6) is 1.34. The van der Waals surface area contributed by atoms with Crippen LogP contribution in [-0.4, -0.2) is 64.5 Å². The van der Waals surface area contributed by atoms with Gasteiger partial charge >= 0.3 is 10.4 Å². The average Bonchev–Trinajstić information content (AvgIpc) is 2.89. The molecule has 2 aliphatic heterocycles. The minimum Gasteiger partial charge on any atom is -0.504 e. The summed E-state index contributed by atoms with van der Waals surface area (Å²) in [7, 11) is -2.50. The van der Waals surface area contributed by atoms with Crippen LogP contribution in [0.4, 0.5) is 0 Å². The van der Waals surface area contributed by atoms with Crippen molar-refractivity contribution in [2.24, 2.45) is 17.3 Å². The second kappa shape index (κ2) is 6.46. The van der Waals surface area contributed by atoms with Crippen LogP contribution in [-0.2, 0) is 15.1 Å². The second-order valence-corrected chi connectivity index (χ2v) is 8.30. The number of hydrogen-bond acceptors (Lipinski definition) is 6. The normalized spacial score (nSPS) is 40.9. The molecule has 1 unspecified atom stereocenters. The topological polar surface area (TPSA) is 128 Å². The van der Waals surface area contributed by atoms with Crippen LogP contribution in [0.15, 0.2) is 47.5 Å². The number of likely N-dealkylation sites (N-methyl/N-ethyl adjacent to an activating group) is 1. The van der Waals surface area contributed by atoms with E-state index in [-0.39, 0.29) is 30.6 Å². The molecule has 6 atom stereocenters. The number of aliphatic hydroxyl groups is 2. The third-order valence-electron chi connectivity index (χ3n) is 6.19. The molecule has 0 radical (unpaired) electrons. The van der Waals surface area contributed by atoms with Gasteiger partial charge < -0.3 is 14.9 Å². The molecule has 2 saturated heterocycles. The Morgan fingerprint density at radius 2 is 1.93 bits per heavy atom. The van der Waals surface area contributed by atoms with Gasteiger partial charge in [-0.1, -0.05) is 31.7 Å². The first-order chi connectivity index (χ1) is 12.1. The molecule has 0 aromatic rings. The van der Waals surface area contributed by atoms with Crippen LogP contribution in [0.5, 0.6) is 0 Å². The number of hydrogen-bond donors (Lipinski definition) is 4. The van der Waals surface area contributed by atoms with Crippen molar-refractivity contribution in [3.8, 4) is 0 Å². The van der Waals surface area contributed by atoms with Gasteiger partial charge in [0.25, 0.3) is 0 Å². The van der Waals surface area contributed by atoms with E-state index < -0.39 is 16.5 Å². The lowest BCUT2D eigenvalue weighted by atomic mass is 9.51. The number of rotatable bonds is 0. The summed E-state index contributed by atoms with van der Waals surface area (Å²) >= 11 is 0. The Balaban J connectivity index is 0.000000315. The molecule has 2 heterocycles. The predicted octanol–water partition coefficient (Wildman–Crippen LogP) is 1.50. The highest BCUT2D eigenvalue weighted by Gasteiger charge is 2.67. The van der Waals surface area contributed by atoms with Crippen LogP contribution in [0, 0.1) is 17.3 Å². The highest BCUT2D eigenvalue weighted by Crippen LogP contribution is 2.65. The summed E-state index contributed by atoms with van der Waals surface area (Å²) in [5.41, 5.74) is 1.13. The van der Waals surface area contributed by atoms with Gasteiger partial charge in [-0.25, -0.2) is 0 Å². The maximum Gasteiger partial charge on any atom is 0.394 e. The molecule has 0 saturated carbocycles. The Hall–Kier alpha value is -1.65. The Morgan fingerprint density at radius 3 is 2.59 bits per heavy atom.